The Hall–Kier alpha value is -1.46. The number of nitrogens with one attached hydrogen (secondary N) is 1. The van der Waals surface area contributed by atoms with E-state index in [1.54, 1.807) is 0 Å². The van der Waals surface area contributed by atoms with Crippen molar-refractivity contribution >= 4 is 5.65 Å². The van der Waals surface area contributed by atoms with Crippen molar-refractivity contribution in [3.8, 4) is 0 Å². The molecule has 0 atom stereocenters. The predicted molar refractivity (Wildman–Crippen MR) is 75.2 cm³/mol. The standard InChI is InChI=1S/C14H21N5/c1-14(2,18-9-6-15-7-10-18)11-12-16-13-5-3-4-8-19(13)17-12/h3-5,8,15H,6-7,9-11H2,1-2H3. The largest absolute Gasteiger partial charge is 0.314 e. The van der Waals surface area contributed by atoms with Gasteiger partial charge in [-0.25, -0.2) is 9.50 Å². The van der Waals surface area contributed by atoms with Crippen LogP contribution in [0.1, 0.15) is 19.7 Å². The van der Waals surface area contributed by atoms with Crippen molar-refractivity contribution in [1.82, 2.24) is 24.8 Å². The lowest BCUT2D eigenvalue weighted by Crippen LogP contribution is -2.54. The van der Waals surface area contributed by atoms with Crippen LogP contribution >= 0.6 is 0 Å². The molecule has 3 rings (SSSR count). The zero-order valence-corrected chi connectivity index (χ0v) is 11.6. The maximum absolute atomic E-state index is 4.60. The Labute approximate surface area is 113 Å². The van der Waals surface area contributed by atoms with Gasteiger partial charge in [-0.1, -0.05) is 6.07 Å². The Morgan fingerprint density at radius 3 is 2.79 bits per heavy atom. The average molecular weight is 259 g/mol. The second kappa shape index (κ2) is 4.90. The van der Waals surface area contributed by atoms with E-state index in [4.69, 9.17) is 0 Å². The summed E-state index contributed by atoms with van der Waals surface area (Å²) in [5.74, 6) is 0.926. The quantitative estimate of drug-likeness (QED) is 0.891. The summed E-state index contributed by atoms with van der Waals surface area (Å²) in [7, 11) is 0. The Kier molecular flexibility index (Phi) is 3.24. The van der Waals surface area contributed by atoms with E-state index >= 15 is 0 Å². The monoisotopic (exact) mass is 259 g/mol. The van der Waals surface area contributed by atoms with Crippen LogP contribution in [0.5, 0.6) is 0 Å². The van der Waals surface area contributed by atoms with Crippen LogP contribution in [0.4, 0.5) is 0 Å². The average Bonchev–Trinajstić information content (AvgIpc) is 2.81. The predicted octanol–water partition coefficient (Wildman–Crippen LogP) is 0.956. The molecule has 5 heteroatoms. The molecule has 102 valence electrons. The number of aromatic nitrogens is 3. The van der Waals surface area contributed by atoms with Crippen molar-refractivity contribution < 1.29 is 0 Å². The molecule has 0 amide bonds. The zero-order chi connectivity index (χ0) is 13.3. The van der Waals surface area contributed by atoms with E-state index in [-0.39, 0.29) is 5.54 Å². The number of hydrogen-bond donors (Lipinski definition) is 1. The summed E-state index contributed by atoms with van der Waals surface area (Å²) in [4.78, 5) is 7.13. The molecule has 0 radical (unpaired) electrons. The highest BCUT2D eigenvalue weighted by atomic mass is 15.3. The van der Waals surface area contributed by atoms with Crippen LogP contribution in [0.25, 0.3) is 5.65 Å². The number of pyridine rings is 1. The fourth-order valence-corrected chi connectivity index (χ4v) is 2.72. The Morgan fingerprint density at radius 2 is 2.05 bits per heavy atom. The van der Waals surface area contributed by atoms with Gasteiger partial charge in [-0.15, -0.1) is 0 Å². The van der Waals surface area contributed by atoms with Gasteiger partial charge in [0, 0.05) is 44.3 Å². The molecular formula is C14H21N5. The Bertz CT molecular complexity index is 521. The van der Waals surface area contributed by atoms with Crippen LogP contribution < -0.4 is 5.32 Å². The summed E-state index contributed by atoms with van der Waals surface area (Å²) in [6, 6.07) is 5.97. The highest BCUT2D eigenvalue weighted by molar-refractivity contribution is 5.36. The smallest absolute Gasteiger partial charge is 0.155 e. The summed E-state index contributed by atoms with van der Waals surface area (Å²) in [5, 5.41) is 7.95. The molecule has 1 aliphatic heterocycles. The van der Waals surface area contributed by atoms with Gasteiger partial charge in [0.05, 0.1) is 0 Å². The molecule has 19 heavy (non-hydrogen) atoms. The minimum Gasteiger partial charge on any atom is -0.314 e. The molecule has 1 fully saturated rings. The summed E-state index contributed by atoms with van der Waals surface area (Å²) in [5.41, 5.74) is 1.03. The normalized spacial score (nSPS) is 18.0. The number of fused-ring (bicyclic) bond motifs is 1. The Morgan fingerprint density at radius 1 is 1.26 bits per heavy atom. The van der Waals surface area contributed by atoms with Gasteiger partial charge in [0.2, 0.25) is 0 Å². The molecule has 0 unspecified atom stereocenters. The van der Waals surface area contributed by atoms with Crippen molar-refractivity contribution in [2.24, 2.45) is 0 Å². The molecule has 5 nitrogen and oxygen atoms in total. The maximum Gasteiger partial charge on any atom is 0.155 e. The van der Waals surface area contributed by atoms with Gasteiger partial charge in [-0.05, 0) is 26.0 Å². The number of piperazine rings is 1. The maximum atomic E-state index is 4.60. The third-order valence-electron chi connectivity index (χ3n) is 3.85. The van der Waals surface area contributed by atoms with Crippen LogP contribution in [0, 0.1) is 0 Å². The van der Waals surface area contributed by atoms with Gasteiger partial charge in [-0.2, -0.15) is 5.10 Å². The van der Waals surface area contributed by atoms with Gasteiger partial charge in [0.1, 0.15) is 0 Å². The van der Waals surface area contributed by atoms with Gasteiger partial charge in [-0.3, -0.25) is 4.90 Å². The van der Waals surface area contributed by atoms with Crippen molar-refractivity contribution in [2.45, 2.75) is 25.8 Å². The van der Waals surface area contributed by atoms with Gasteiger partial charge >= 0.3 is 0 Å². The topological polar surface area (TPSA) is 45.5 Å². The first-order valence-electron chi connectivity index (χ1n) is 6.91. The number of nitrogens with zero attached hydrogens (tertiary/aromatic N) is 4. The Balaban J connectivity index is 1.78. The summed E-state index contributed by atoms with van der Waals surface area (Å²) >= 11 is 0. The molecule has 0 bridgehead atoms. The van der Waals surface area contributed by atoms with Gasteiger partial charge in [0.15, 0.2) is 11.5 Å². The minimum absolute atomic E-state index is 0.104. The summed E-state index contributed by atoms with van der Waals surface area (Å²) in [6.45, 7) is 8.90. The van der Waals surface area contributed by atoms with E-state index in [0.717, 1.165) is 44.1 Å². The molecule has 1 aliphatic rings. The third kappa shape index (κ3) is 2.62. The molecule has 2 aromatic rings. The zero-order valence-electron chi connectivity index (χ0n) is 11.6. The lowest BCUT2D eigenvalue weighted by Gasteiger charge is -2.40. The minimum atomic E-state index is 0.104. The van der Waals surface area contributed by atoms with Crippen molar-refractivity contribution in [3.05, 3.63) is 30.2 Å². The van der Waals surface area contributed by atoms with Crippen LogP contribution in [-0.4, -0.2) is 51.2 Å². The van der Waals surface area contributed by atoms with Crippen molar-refractivity contribution in [1.29, 1.82) is 0 Å². The van der Waals surface area contributed by atoms with Gasteiger partial charge < -0.3 is 5.32 Å². The lowest BCUT2D eigenvalue weighted by molar-refractivity contribution is 0.102. The van der Waals surface area contributed by atoms with Gasteiger partial charge in [0.25, 0.3) is 0 Å². The first-order valence-corrected chi connectivity index (χ1v) is 6.91. The molecule has 3 heterocycles. The van der Waals surface area contributed by atoms with E-state index in [1.807, 2.05) is 28.9 Å². The van der Waals surface area contributed by atoms with Crippen molar-refractivity contribution in [2.75, 3.05) is 26.2 Å². The van der Waals surface area contributed by atoms with E-state index in [2.05, 4.69) is 34.1 Å². The second-order valence-electron chi connectivity index (χ2n) is 5.76. The molecule has 0 spiro atoms. The second-order valence-corrected chi connectivity index (χ2v) is 5.76. The van der Waals surface area contributed by atoms with Crippen LogP contribution in [0.3, 0.4) is 0 Å². The SMILES string of the molecule is CC(C)(Cc1nc2ccccn2n1)N1CCNCC1. The van der Waals surface area contributed by atoms with Crippen molar-refractivity contribution in [3.63, 3.8) is 0 Å². The summed E-state index contributed by atoms with van der Waals surface area (Å²) < 4.78 is 1.85. The lowest BCUT2D eigenvalue weighted by atomic mass is 9.97. The highest BCUT2D eigenvalue weighted by Crippen LogP contribution is 2.19. The molecule has 1 N–H and O–H groups in total. The molecular weight excluding hydrogens is 238 g/mol. The molecule has 2 aromatic heterocycles. The molecule has 0 aliphatic carbocycles. The molecule has 1 saturated heterocycles. The van der Waals surface area contributed by atoms with E-state index < -0.39 is 0 Å². The molecule has 0 aromatic carbocycles. The third-order valence-corrected chi connectivity index (χ3v) is 3.85. The van der Waals surface area contributed by atoms with Crippen LogP contribution in [0.15, 0.2) is 24.4 Å². The van der Waals surface area contributed by atoms with E-state index in [1.165, 1.54) is 0 Å². The molecule has 0 saturated carbocycles. The van der Waals surface area contributed by atoms with E-state index in [9.17, 15) is 0 Å². The first-order chi connectivity index (χ1) is 9.15. The van der Waals surface area contributed by atoms with Crippen LogP contribution in [0.2, 0.25) is 0 Å². The highest BCUT2D eigenvalue weighted by Gasteiger charge is 2.29. The fourth-order valence-electron chi connectivity index (χ4n) is 2.72. The van der Waals surface area contributed by atoms with Crippen LogP contribution in [-0.2, 0) is 6.42 Å². The fraction of sp³-hybridized carbons (Fsp3) is 0.571. The van der Waals surface area contributed by atoms with E-state index in [0.29, 0.717) is 0 Å². The number of rotatable bonds is 3. The first kappa shape index (κ1) is 12.6. The summed E-state index contributed by atoms with van der Waals surface area (Å²) in [6.07, 6.45) is 2.83. The number of hydrogen-bond acceptors (Lipinski definition) is 4.